The number of alkyl halides is 3. The van der Waals surface area contributed by atoms with Gasteiger partial charge in [-0.2, -0.15) is 18.3 Å². The molecule has 12 heteroatoms. The van der Waals surface area contributed by atoms with Crippen molar-refractivity contribution in [2.45, 2.75) is 44.3 Å². The lowest BCUT2D eigenvalue weighted by Gasteiger charge is -2.19. The number of halogens is 4. The van der Waals surface area contributed by atoms with E-state index in [-0.39, 0.29) is 35.1 Å². The highest BCUT2D eigenvalue weighted by molar-refractivity contribution is 6.10. The molecule has 4 rings (SSSR count). The van der Waals surface area contributed by atoms with Crippen molar-refractivity contribution in [3.63, 3.8) is 0 Å². The Kier molecular flexibility index (Phi) is 6.36. The monoisotopic (exact) mass is 479 g/mol. The van der Waals surface area contributed by atoms with Crippen molar-refractivity contribution in [3.05, 3.63) is 71.2 Å². The van der Waals surface area contributed by atoms with Crippen LogP contribution in [0.5, 0.6) is 0 Å². The number of nitrogens with one attached hydrogen (secondary N) is 1. The average molecular weight is 479 g/mol. The molecule has 180 valence electrons. The minimum absolute atomic E-state index is 0.0479. The molecule has 1 aromatic carbocycles. The summed E-state index contributed by atoms with van der Waals surface area (Å²) >= 11 is 0. The fourth-order valence-electron chi connectivity index (χ4n) is 4.02. The fraction of sp³-hybridized carbons (Fsp3) is 0.364. The Hall–Kier alpha value is -3.38. The van der Waals surface area contributed by atoms with Gasteiger partial charge in [-0.05, 0) is 36.1 Å². The molecular formula is C22H21F4N5O3. The van der Waals surface area contributed by atoms with Crippen molar-refractivity contribution in [2.24, 2.45) is 5.92 Å². The number of hydrogen-bond donors (Lipinski definition) is 3. The van der Waals surface area contributed by atoms with Crippen LogP contribution in [0.15, 0.2) is 43.0 Å². The number of nitrogens with zero attached hydrogens (tertiary/aromatic N) is 4. The van der Waals surface area contributed by atoms with Crippen LogP contribution < -0.4 is 5.32 Å². The molecule has 2 aromatic heterocycles. The Labute approximate surface area is 191 Å². The number of carbonyl (C=O) groups is 1. The third-order valence-corrected chi connectivity index (χ3v) is 5.83. The molecule has 0 saturated heterocycles. The summed E-state index contributed by atoms with van der Waals surface area (Å²) in [4.78, 5) is 21.0. The molecule has 0 aliphatic heterocycles. The SMILES string of the molecule is C[C@@H]1C[C@@H](Nc2ncncc2C(=O)c2ccn(Cc3ccc(F)cc3C(F)(F)F)n2)[C@H](O)[C@@H]1O. The van der Waals surface area contributed by atoms with E-state index in [4.69, 9.17) is 0 Å². The lowest BCUT2D eigenvalue weighted by Crippen LogP contribution is -2.35. The third-order valence-electron chi connectivity index (χ3n) is 5.83. The molecule has 0 spiro atoms. The van der Waals surface area contributed by atoms with Crippen LogP contribution in [-0.4, -0.2) is 54.0 Å². The van der Waals surface area contributed by atoms with Crippen molar-refractivity contribution >= 4 is 11.6 Å². The summed E-state index contributed by atoms with van der Waals surface area (Å²) in [5.74, 6) is -1.61. The second-order valence-electron chi connectivity index (χ2n) is 8.26. The fourth-order valence-corrected chi connectivity index (χ4v) is 4.02. The number of aliphatic hydroxyl groups is 2. The Balaban J connectivity index is 1.55. The van der Waals surface area contributed by atoms with Crippen molar-refractivity contribution < 1.29 is 32.6 Å². The maximum atomic E-state index is 13.4. The van der Waals surface area contributed by atoms with Crippen molar-refractivity contribution in [3.8, 4) is 0 Å². The quantitative estimate of drug-likeness (QED) is 0.368. The minimum atomic E-state index is -4.75. The summed E-state index contributed by atoms with van der Waals surface area (Å²) in [6.45, 7) is 1.46. The molecule has 3 aromatic rings. The standard InChI is InChI=1S/C22H21F4N5O3/c1-11-6-17(20(34)18(11)32)29-21-14(8-27-10-28-21)19(33)16-4-5-31(30-16)9-12-2-3-13(23)7-15(12)22(24,25)26/h2-5,7-8,10-11,17-18,20,32,34H,6,9H2,1H3,(H,27,28,29)/t11-,17-,18-,20+/m1/s1. The Morgan fingerprint density at radius 2 is 2.00 bits per heavy atom. The van der Waals surface area contributed by atoms with Gasteiger partial charge in [-0.15, -0.1) is 0 Å². The molecule has 4 atom stereocenters. The van der Waals surface area contributed by atoms with Crippen LogP contribution in [-0.2, 0) is 12.7 Å². The largest absolute Gasteiger partial charge is 0.416 e. The molecule has 1 aliphatic rings. The Morgan fingerprint density at radius 3 is 2.68 bits per heavy atom. The maximum Gasteiger partial charge on any atom is 0.416 e. The molecule has 2 heterocycles. The van der Waals surface area contributed by atoms with Gasteiger partial charge in [0.25, 0.3) is 0 Å². The summed E-state index contributed by atoms with van der Waals surface area (Å²) in [5, 5.41) is 27.2. The van der Waals surface area contributed by atoms with Gasteiger partial charge in [-0.1, -0.05) is 13.0 Å². The van der Waals surface area contributed by atoms with Crippen LogP contribution in [0.1, 0.15) is 40.5 Å². The van der Waals surface area contributed by atoms with Crippen LogP contribution in [0.3, 0.4) is 0 Å². The van der Waals surface area contributed by atoms with E-state index in [1.54, 1.807) is 6.92 Å². The number of aliphatic hydroxyl groups excluding tert-OH is 2. The van der Waals surface area contributed by atoms with Crippen LogP contribution in [0.25, 0.3) is 0 Å². The van der Waals surface area contributed by atoms with E-state index >= 15 is 0 Å². The van der Waals surface area contributed by atoms with E-state index < -0.39 is 41.6 Å². The lowest BCUT2D eigenvalue weighted by atomic mass is 10.1. The van der Waals surface area contributed by atoms with Gasteiger partial charge in [0.05, 0.1) is 29.8 Å². The predicted octanol–water partition coefficient (Wildman–Crippen LogP) is 2.65. The molecule has 8 nitrogen and oxygen atoms in total. The molecule has 1 aliphatic carbocycles. The summed E-state index contributed by atoms with van der Waals surface area (Å²) < 4.78 is 54.3. The zero-order chi connectivity index (χ0) is 24.6. The molecule has 0 amide bonds. The van der Waals surface area contributed by atoms with E-state index in [0.29, 0.717) is 12.5 Å². The van der Waals surface area contributed by atoms with Gasteiger partial charge in [0.15, 0.2) is 0 Å². The second kappa shape index (κ2) is 9.11. The van der Waals surface area contributed by atoms with Crippen molar-refractivity contribution in [1.29, 1.82) is 0 Å². The highest BCUT2D eigenvalue weighted by atomic mass is 19.4. The summed E-state index contributed by atoms with van der Waals surface area (Å²) in [5.41, 5.74) is -1.34. The van der Waals surface area contributed by atoms with Crippen LogP contribution >= 0.6 is 0 Å². The zero-order valence-electron chi connectivity index (χ0n) is 17.9. The minimum Gasteiger partial charge on any atom is -0.390 e. The number of anilines is 1. The van der Waals surface area contributed by atoms with Crippen LogP contribution in [0, 0.1) is 11.7 Å². The zero-order valence-corrected chi connectivity index (χ0v) is 17.9. The number of carbonyl (C=O) groups excluding carboxylic acids is 1. The molecular weight excluding hydrogens is 458 g/mol. The molecule has 3 N–H and O–H groups in total. The first kappa shape index (κ1) is 23.8. The molecule has 0 radical (unpaired) electrons. The van der Waals surface area contributed by atoms with Crippen molar-refractivity contribution in [1.82, 2.24) is 19.7 Å². The first-order chi connectivity index (χ1) is 16.0. The lowest BCUT2D eigenvalue weighted by molar-refractivity contribution is -0.138. The van der Waals surface area contributed by atoms with E-state index in [9.17, 15) is 32.6 Å². The Morgan fingerprint density at radius 1 is 1.24 bits per heavy atom. The molecule has 0 bridgehead atoms. The summed E-state index contributed by atoms with van der Waals surface area (Å²) in [6.07, 6.45) is -2.44. The summed E-state index contributed by atoms with van der Waals surface area (Å²) in [7, 11) is 0. The van der Waals surface area contributed by atoms with E-state index in [0.717, 1.165) is 16.8 Å². The number of hydrogen-bond acceptors (Lipinski definition) is 7. The topological polar surface area (TPSA) is 113 Å². The van der Waals surface area contributed by atoms with Gasteiger partial charge >= 0.3 is 6.18 Å². The highest BCUT2D eigenvalue weighted by Gasteiger charge is 2.39. The predicted molar refractivity (Wildman–Crippen MR) is 111 cm³/mol. The van der Waals surface area contributed by atoms with Gasteiger partial charge in [0, 0.05) is 12.4 Å². The summed E-state index contributed by atoms with van der Waals surface area (Å²) in [6, 6.07) is 3.17. The van der Waals surface area contributed by atoms with E-state index in [1.165, 1.54) is 24.8 Å². The average Bonchev–Trinajstić information content (AvgIpc) is 3.35. The number of benzene rings is 1. The van der Waals surface area contributed by atoms with E-state index in [2.05, 4.69) is 20.4 Å². The smallest absolute Gasteiger partial charge is 0.390 e. The Bertz CT molecular complexity index is 1200. The van der Waals surface area contributed by atoms with Crippen LogP contribution in [0.4, 0.5) is 23.4 Å². The maximum absolute atomic E-state index is 13.4. The van der Waals surface area contributed by atoms with Gasteiger partial charge in [-0.3, -0.25) is 9.48 Å². The van der Waals surface area contributed by atoms with Gasteiger partial charge < -0.3 is 15.5 Å². The van der Waals surface area contributed by atoms with Crippen molar-refractivity contribution in [2.75, 3.05) is 5.32 Å². The highest BCUT2D eigenvalue weighted by Crippen LogP contribution is 2.33. The van der Waals surface area contributed by atoms with Gasteiger partial charge in [0.1, 0.15) is 29.8 Å². The van der Waals surface area contributed by atoms with Gasteiger partial charge in [0.2, 0.25) is 5.78 Å². The molecule has 1 saturated carbocycles. The second-order valence-corrected chi connectivity index (χ2v) is 8.26. The normalized spacial score (nSPS) is 22.7. The third kappa shape index (κ3) is 4.77. The molecule has 1 fully saturated rings. The van der Waals surface area contributed by atoms with Gasteiger partial charge in [-0.25, -0.2) is 14.4 Å². The number of aromatic nitrogens is 4. The number of ketones is 1. The first-order valence-corrected chi connectivity index (χ1v) is 10.4. The number of rotatable bonds is 6. The van der Waals surface area contributed by atoms with Crippen LogP contribution in [0.2, 0.25) is 0 Å². The first-order valence-electron chi connectivity index (χ1n) is 10.4. The molecule has 34 heavy (non-hydrogen) atoms. The van der Waals surface area contributed by atoms with E-state index in [1.807, 2.05) is 0 Å². The molecule has 0 unspecified atom stereocenters.